The van der Waals surface area contributed by atoms with Gasteiger partial charge in [-0.25, -0.2) is 4.79 Å². The molecule has 0 fully saturated rings. The normalized spacial score (nSPS) is 9.95. The summed E-state index contributed by atoms with van der Waals surface area (Å²) < 4.78 is 5.02. The van der Waals surface area contributed by atoms with Gasteiger partial charge in [-0.1, -0.05) is 54.5 Å². The molecule has 21 heavy (non-hydrogen) atoms. The first-order chi connectivity index (χ1) is 10.2. The van der Waals surface area contributed by atoms with Crippen LogP contribution in [0.2, 0.25) is 0 Å². The van der Waals surface area contributed by atoms with Crippen molar-refractivity contribution in [2.45, 2.75) is 6.92 Å². The third-order valence-corrected chi connectivity index (χ3v) is 2.75. The highest BCUT2D eigenvalue weighted by molar-refractivity contribution is 5.89. The molecule has 0 aromatic heterocycles. The van der Waals surface area contributed by atoms with E-state index < -0.39 is 5.97 Å². The molecule has 0 spiro atoms. The van der Waals surface area contributed by atoms with Crippen LogP contribution in [0.1, 0.15) is 16.7 Å². The van der Waals surface area contributed by atoms with E-state index in [1.807, 2.05) is 67.6 Å². The lowest BCUT2D eigenvalue weighted by atomic mass is 10.1. The third-order valence-electron chi connectivity index (χ3n) is 2.75. The Kier molecular flexibility index (Phi) is 5.37. The highest BCUT2D eigenvalue weighted by atomic mass is 16.5. The van der Waals surface area contributed by atoms with Crippen LogP contribution in [0.4, 0.5) is 0 Å². The Morgan fingerprint density at radius 3 is 2.71 bits per heavy atom. The molecule has 2 heteroatoms. The molecule has 0 unspecified atom stereocenters. The number of carbonyl (C=O) groups is 1. The highest BCUT2D eigenvalue weighted by Crippen LogP contribution is 2.02. The van der Waals surface area contributed by atoms with Crippen molar-refractivity contribution in [2.24, 2.45) is 0 Å². The molecule has 2 rings (SSSR count). The Bertz CT molecular complexity index is 688. The van der Waals surface area contributed by atoms with Crippen molar-refractivity contribution in [3.05, 3.63) is 77.4 Å². The van der Waals surface area contributed by atoms with Crippen LogP contribution in [0, 0.1) is 18.8 Å². The lowest BCUT2D eigenvalue weighted by molar-refractivity contribution is -0.135. The van der Waals surface area contributed by atoms with Gasteiger partial charge in [0.1, 0.15) is 6.61 Å². The second-order valence-electron chi connectivity index (χ2n) is 4.53. The molecule has 0 saturated carbocycles. The van der Waals surface area contributed by atoms with Crippen LogP contribution in [-0.4, -0.2) is 12.6 Å². The SMILES string of the molecule is Cc1cccc(C#CC(=O)OC/C=C/c2ccccc2)c1. The first-order valence-corrected chi connectivity index (χ1v) is 6.71. The number of hydrogen-bond donors (Lipinski definition) is 0. The molecule has 0 heterocycles. The predicted octanol–water partition coefficient (Wildman–Crippen LogP) is 3.60. The van der Waals surface area contributed by atoms with Gasteiger partial charge in [0, 0.05) is 11.5 Å². The largest absolute Gasteiger partial charge is 0.452 e. The van der Waals surface area contributed by atoms with E-state index in [2.05, 4.69) is 11.8 Å². The van der Waals surface area contributed by atoms with Crippen LogP contribution in [0.5, 0.6) is 0 Å². The lowest BCUT2D eigenvalue weighted by Gasteiger charge is -1.95. The number of ether oxygens (including phenoxy) is 1. The Balaban J connectivity index is 1.82. The van der Waals surface area contributed by atoms with Gasteiger partial charge >= 0.3 is 5.97 Å². The molecule has 0 bridgehead atoms. The van der Waals surface area contributed by atoms with Crippen LogP contribution in [-0.2, 0) is 9.53 Å². The number of carbonyl (C=O) groups excluding carboxylic acids is 1. The fourth-order valence-corrected chi connectivity index (χ4v) is 1.75. The van der Waals surface area contributed by atoms with E-state index in [-0.39, 0.29) is 6.61 Å². The molecule has 0 radical (unpaired) electrons. The monoisotopic (exact) mass is 276 g/mol. The van der Waals surface area contributed by atoms with E-state index in [0.29, 0.717) is 0 Å². The standard InChI is InChI=1S/C19H16O2/c1-16-7-5-10-18(15-16)12-13-19(20)21-14-6-11-17-8-3-2-4-9-17/h2-11,15H,14H2,1H3/b11-6+. The van der Waals surface area contributed by atoms with E-state index in [4.69, 9.17) is 4.74 Å². The zero-order valence-corrected chi connectivity index (χ0v) is 11.9. The number of aryl methyl sites for hydroxylation is 1. The molecule has 2 aromatic rings. The van der Waals surface area contributed by atoms with Gasteiger partial charge in [0.05, 0.1) is 0 Å². The first-order valence-electron chi connectivity index (χ1n) is 6.71. The van der Waals surface area contributed by atoms with E-state index in [9.17, 15) is 4.79 Å². The second kappa shape index (κ2) is 7.72. The van der Waals surface area contributed by atoms with E-state index in [1.54, 1.807) is 6.08 Å². The molecule has 0 aliphatic heterocycles. The lowest BCUT2D eigenvalue weighted by Crippen LogP contribution is -2.00. The average molecular weight is 276 g/mol. The zero-order valence-electron chi connectivity index (χ0n) is 11.9. The molecule has 104 valence electrons. The van der Waals surface area contributed by atoms with Crippen molar-refractivity contribution in [3.8, 4) is 11.8 Å². The number of benzene rings is 2. The summed E-state index contributed by atoms with van der Waals surface area (Å²) in [6.07, 6.45) is 3.70. The van der Waals surface area contributed by atoms with Gasteiger partial charge < -0.3 is 4.74 Å². The van der Waals surface area contributed by atoms with Gasteiger partial charge in [0.15, 0.2) is 0 Å². The minimum absolute atomic E-state index is 0.218. The van der Waals surface area contributed by atoms with Crippen molar-refractivity contribution in [2.75, 3.05) is 6.61 Å². The second-order valence-corrected chi connectivity index (χ2v) is 4.53. The molecule has 0 aliphatic rings. The predicted molar refractivity (Wildman–Crippen MR) is 84.5 cm³/mol. The summed E-state index contributed by atoms with van der Waals surface area (Å²) in [5.41, 5.74) is 2.99. The molecule has 2 aromatic carbocycles. The summed E-state index contributed by atoms with van der Waals surface area (Å²) in [6, 6.07) is 17.5. The van der Waals surface area contributed by atoms with Gasteiger partial charge in [-0.3, -0.25) is 0 Å². The number of esters is 1. The maximum Gasteiger partial charge on any atom is 0.385 e. The van der Waals surface area contributed by atoms with Gasteiger partial charge in [-0.2, -0.15) is 0 Å². The molecular weight excluding hydrogens is 260 g/mol. The fraction of sp³-hybridized carbons (Fsp3) is 0.105. The summed E-state index contributed by atoms with van der Waals surface area (Å²) in [6.45, 7) is 2.20. The molecule has 0 N–H and O–H groups in total. The topological polar surface area (TPSA) is 26.3 Å². The van der Waals surface area contributed by atoms with Gasteiger partial charge in [0.2, 0.25) is 0 Å². The quantitative estimate of drug-likeness (QED) is 0.632. The van der Waals surface area contributed by atoms with Gasteiger partial charge in [-0.05, 0) is 36.3 Å². The Morgan fingerprint density at radius 1 is 1.14 bits per heavy atom. The summed E-state index contributed by atoms with van der Waals surface area (Å²) in [5.74, 6) is 4.76. The van der Waals surface area contributed by atoms with E-state index >= 15 is 0 Å². The maximum atomic E-state index is 11.5. The minimum Gasteiger partial charge on any atom is -0.452 e. The molecule has 2 nitrogen and oxygen atoms in total. The smallest absolute Gasteiger partial charge is 0.385 e. The van der Waals surface area contributed by atoms with Crippen LogP contribution in [0.3, 0.4) is 0 Å². The molecular formula is C19H16O2. The average Bonchev–Trinajstić information content (AvgIpc) is 2.51. The summed E-state index contributed by atoms with van der Waals surface area (Å²) in [7, 11) is 0. The van der Waals surface area contributed by atoms with Crippen molar-refractivity contribution < 1.29 is 9.53 Å². The molecule has 0 aliphatic carbocycles. The third kappa shape index (κ3) is 5.38. The summed E-state index contributed by atoms with van der Waals surface area (Å²) >= 11 is 0. The molecule has 0 amide bonds. The van der Waals surface area contributed by atoms with Crippen LogP contribution in [0.15, 0.2) is 60.7 Å². The van der Waals surface area contributed by atoms with Crippen molar-refractivity contribution in [3.63, 3.8) is 0 Å². The first kappa shape index (κ1) is 14.6. The number of rotatable bonds is 3. The summed E-state index contributed by atoms with van der Waals surface area (Å²) in [5, 5.41) is 0. The minimum atomic E-state index is -0.519. The van der Waals surface area contributed by atoms with E-state index in [1.165, 1.54) is 0 Å². The van der Waals surface area contributed by atoms with Crippen molar-refractivity contribution in [1.82, 2.24) is 0 Å². The van der Waals surface area contributed by atoms with Crippen molar-refractivity contribution >= 4 is 12.0 Å². The van der Waals surface area contributed by atoms with Crippen LogP contribution < -0.4 is 0 Å². The summed E-state index contributed by atoms with van der Waals surface area (Å²) in [4.78, 5) is 11.5. The highest BCUT2D eigenvalue weighted by Gasteiger charge is 1.94. The Hall–Kier alpha value is -2.79. The fourth-order valence-electron chi connectivity index (χ4n) is 1.75. The zero-order chi connectivity index (χ0) is 14.9. The van der Waals surface area contributed by atoms with Crippen molar-refractivity contribution in [1.29, 1.82) is 0 Å². The van der Waals surface area contributed by atoms with Gasteiger partial charge in [0.25, 0.3) is 0 Å². The van der Waals surface area contributed by atoms with Crippen LogP contribution in [0.25, 0.3) is 6.08 Å². The van der Waals surface area contributed by atoms with E-state index in [0.717, 1.165) is 16.7 Å². The number of hydrogen-bond acceptors (Lipinski definition) is 2. The molecule has 0 atom stereocenters. The maximum absolute atomic E-state index is 11.5. The Labute approximate surface area is 125 Å². The molecule has 0 saturated heterocycles. The Morgan fingerprint density at radius 2 is 1.95 bits per heavy atom. The van der Waals surface area contributed by atoms with Crippen LogP contribution >= 0.6 is 0 Å². The van der Waals surface area contributed by atoms with Gasteiger partial charge in [-0.15, -0.1) is 0 Å².